The third-order valence-electron chi connectivity index (χ3n) is 9.66. The predicted molar refractivity (Wildman–Crippen MR) is 190 cm³/mol. The van der Waals surface area contributed by atoms with Crippen LogP contribution < -0.4 is 16.4 Å². The number of primary amides is 1. The van der Waals surface area contributed by atoms with E-state index in [4.69, 9.17) is 11.5 Å². The minimum absolute atomic E-state index is 0.149. The number of hydrogen-bond donors (Lipinski definition) is 2. The largest absolute Gasteiger partial charge is 0.370 e. The summed E-state index contributed by atoms with van der Waals surface area (Å²) in [7, 11) is 0. The lowest BCUT2D eigenvalue weighted by Crippen LogP contribution is -2.29. The maximum absolute atomic E-state index is 11.8. The fourth-order valence-electron chi connectivity index (χ4n) is 7.55. The Hall–Kier alpha value is -4.48. The Bertz CT molecular complexity index is 1910. The summed E-state index contributed by atoms with van der Waals surface area (Å²) in [5.74, 6) is -0.291. The molecule has 6 rings (SSSR count). The van der Waals surface area contributed by atoms with Gasteiger partial charge >= 0.3 is 0 Å². The first-order valence-corrected chi connectivity index (χ1v) is 16.2. The molecule has 0 unspecified atom stereocenters. The molecular weight excluding hydrogens is 552 g/mol. The van der Waals surface area contributed by atoms with E-state index >= 15 is 0 Å². The van der Waals surface area contributed by atoms with Gasteiger partial charge in [0.05, 0.1) is 5.41 Å². The quantitative estimate of drug-likeness (QED) is 0.111. The topological polar surface area (TPSA) is 75.4 Å². The summed E-state index contributed by atoms with van der Waals surface area (Å²) in [5, 5.41) is 5.06. The van der Waals surface area contributed by atoms with Gasteiger partial charge in [0, 0.05) is 53.9 Å². The summed E-state index contributed by atoms with van der Waals surface area (Å²) in [4.78, 5) is 14.1. The van der Waals surface area contributed by atoms with Crippen LogP contribution >= 0.6 is 0 Å². The molecule has 0 bridgehead atoms. The van der Waals surface area contributed by atoms with Gasteiger partial charge in [0.2, 0.25) is 11.6 Å². The number of amides is 1. The number of nitrogens with two attached hydrogens (primary N) is 2. The van der Waals surface area contributed by atoms with Gasteiger partial charge in [-0.2, -0.15) is 4.58 Å². The first-order chi connectivity index (χ1) is 21.7. The molecular formula is C40H45N4O+. The number of unbranched alkanes of at least 4 members (excludes halogenated alkanes) is 1. The van der Waals surface area contributed by atoms with E-state index in [1.165, 1.54) is 44.1 Å². The maximum atomic E-state index is 11.8. The van der Waals surface area contributed by atoms with Crippen LogP contribution in [0.25, 0.3) is 21.5 Å². The van der Waals surface area contributed by atoms with Gasteiger partial charge in [-0.15, -0.1) is 0 Å². The Morgan fingerprint density at radius 2 is 1.47 bits per heavy atom. The van der Waals surface area contributed by atoms with Gasteiger partial charge in [-0.05, 0) is 72.1 Å². The van der Waals surface area contributed by atoms with Crippen LogP contribution in [0, 0.1) is 0 Å². The minimum atomic E-state index is -0.291. The highest BCUT2D eigenvalue weighted by atomic mass is 16.1. The molecule has 5 nitrogen and oxygen atoms in total. The number of anilines is 1. The Balaban J connectivity index is 1.35. The number of benzene rings is 4. The summed E-state index contributed by atoms with van der Waals surface area (Å²) < 4.78 is 2.49. The van der Waals surface area contributed by atoms with Crippen LogP contribution in [-0.4, -0.2) is 35.8 Å². The zero-order valence-corrected chi connectivity index (χ0v) is 27.0. The smallest absolute Gasteiger partial charge is 0.219 e. The first-order valence-electron chi connectivity index (χ1n) is 16.2. The Labute approximate surface area is 267 Å². The monoisotopic (exact) mass is 597 g/mol. The van der Waals surface area contributed by atoms with Crippen molar-refractivity contribution in [2.24, 2.45) is 11.5 Å². The molecule has 2 aliphatic heterocycles. The molecule has 230 valence electrons. The molecule has 0 atom stereocenters. The van der Waals surface area contributed by atoms with Gasteiger partial charge in [-0.1, -0.05) is 86.7 Å². The molecule has 2 aliphatic rings. The van der Waals surface area contributed by atoms with E-state index in [2.05, 4.69) is 140 Å². The number of allylic oxidation sites excluding steroid dienone is 6. The standard InChI is InChI=1S/C40H44N4O/c1-39(2)34(43(26-13-12-25-41)32-22-20-28-14-8-10-16-30(28)37(32)39)18-6-5-7-19-35-40(3,4)38-31-17-11-9-15-29(31)21-23-33(38)44(35)27-24-36(42)45/h5-11,14-23H,12-13,24-27,41H2,1-4H3,(H-,42,45)/p+1. The highest BCUT2D eigenvalue weighted by molar-refractivity contribution is 6.07. The van der Waals surface area contributed by atoms with E-state index in [0.717, 1.165) is 30.8 Å². The third kappa shape index (κ3) is 5.40. The van der Waals surface area contributed by atoms with E-state index in [1.54, 1.807) is 0 Å². The fraction of sp³-hybridized carbons (Fsp3) is 0.300. The SMILES string of the molecule is CC1(C)C(/C=C/C=C/C=C2/N(CCC(N)=O)c3ccc4ccccc4c3C2(C)C)=[N+](CCCCN)c2ccc3ccccc3c21. The summed E-state index contributed by atoms with van der Waals surface area (Å²) in [6.45, 7) is 11.4. The van der Waals surface area contributed by atoms with Crippen molar-refractivity contribution in [2.75, 3.05) is 24.5 Å². The number of nitrogens with zero attached hydrogens (tertiary/aromatic N) is 2. The van der Waals surface area contributed by atoms with Crippen molar-refractivity contribution in [3.8, 4) is 0 Å². The van der Waals surface area contributed by atoms with Crippen molar-refractivity contribution in [1.29, 1.82) is 0 Å². The molecule has 0 aliphatic carbocycles. The van der Waals surface area contributed by atoms with Crippen LogP contribution in [0.3, 0.4) is 0 Å². The van der Waals surface area contributed by atoms with E-state index in [-0.39, 0.29) is 16.7 Å². The number of hydrogen-bond acceptors (Lipinski definition) is 3. The van der Waals surface area contributed by atoms with Gasteiger partial charge in [0.1, 0.15) is 6.54 Å². The molecule has 45 heavy (non-hydrogen) atoms. The van der Waals surface area contributed by atoms with Crippen LogP contribution in [0.4, 0.5) is 11.4 Å². The van der Waals surface area contributed by atoms with E-state index < -0.39 is 0 Å². The minimum Gasteiger partial charge on any atom is -0.370 e. The number of carbonyl (C=O) groups is 1. The Kier molecular flexibility index (Phi) is 8.23. The summed E-state index contributed by atoms with van der Waals surface area (Å²) >= 11 is 0. The average Bonchev–Trinajstić information content (AvgIpc) is 3.38. The van der Waals surface area contributed by atoms with E-state index in [9.17, 15) is 4.79 Å². The second-order valence-corrected chi connectivity index (χ2v) is 13.3. The summed E-state index contributed by atoms with van der Waals surface area (Å²) in [5.41, 5.74) is 18.7. The van der Waals surface area contributed by atoms with Gasteiger partial charge in [0.25, 0.3) is 0 Å². The predicted octanol–water partition coefficient (Wildman–Crippen LogP) is 7.78. The zero-order chi connectivity index (χ0) is 31.8. The number of fused-ring (bicyclic) bond motifs is 6. The molecule has 0 saturated heterocycles. The Morgan fingerprint density at radius 3 is 2.16 bits per heavy atom. The molecule has 0 saturated carbocycles. The van der Waals surface area contributed by atoms with E-state index in [0.29, 0.717) is 19.5 Å². The average molecular weight is 598 g/mol. The van der Waals surface area contributed by atoms with Crippen LogP contribution in [0.2, 0.25) is 0 Å². The maximum Gasteiger partial charge on any atom is 0.219 e. The molecule has 4 N–H and O–H groups in total. The lowest BCUT2D eigenvalue weighted by molar-refractivity contribution is -0.438. The van der Waals surface area contributed by atoms with Crippen molar-refractivity contribution in [3.05, 3.63) is 120 Å². The van der Waals surface area contributed by atoms with Gasteiger partial charge in [-0.3, -0.25) is 4.79 Å². The molecule has 2 heterocycles. The van der Waals surface area contributed by atoms with Crippen LogP contribution in [0.5, 0.6) is 0 Å². The summed E-state index contributed by atoms with van der Waals surface area (Å²) in [6.07, 6.45) is 13.2. The highest BCUT2D eigenvalue weighted by Gasteiger charge is 2.45. The zero-order valence-electron chi connectivity index (χ0n) is 27.0. The molecule has 0 radical (unpaired) electrons. The van der Waals surface area contributed by atoms with E-state index in [1.807, 2.05) is 0 Å². The fourth-order valence-corrected chi connectivity index (χ4v) is 7.55. The molecule has 0 fully saturated rings. The lowest BCUT2D eigenvalue weighted by atomic mass is 9.79. The number of carbonyl (C=O) groups excluding carboxylic acids is 1. The van der Waals surface area contributed by atoms with Crippen LogP contribution in [0.15, 0.2) is 109 Å². The van der Waals surface area contributed by atoms with Gasteiger partial charge < -0.3 is 16.4 Å². The van der Waals surface area contributed by atoms with Crippen LogP contribution in [-0.2, 0) is 15.6 Å². The molecule has 0 spiro atoms. The van der Waals surface area contributed by atoms with Crippen molar-refractivity contribution < 1.29 is 9.37 Å². The van der Waals surface area contributed by atoms with Crippen molar-refractivity contribution in [3.63, 3.8) is 0 Å². The van der Waals surface area contributed by atoms with Crippen molar-refractivity contribution in [2.45, 2.75) is 57.8 Å². The second-order valence-electron chi connectivity index (χ2n) is 13.3. The third-order valence-corrected chi connectivity index (χ3v) is 9.66. The van der Waals surface area contributed by atoms with Crippen LogP contribution in [0.1, 0.15) is 58.1 Å². The lowest BCUT2D eigenvalue weighted by Gasteiger charge is -2.26. The second kappa shape index (κ2) is 12.1. The molecule has 0 aromatic heterocycles. The van der Waals surface area contributed by atoms with Crippen molar-refractivity contribution >= 4 is 44.5 Å². The normalized spacial score (nSPS) is 17.8. The number of rotatable bonds is 10. The van der Waals surface area contributed by atoms with Gasteiger partial charge in [0.15, 0.2) is 5.71 Å². The molecule has 4 aromatic rings. The molecule has 4 aromatic carbocycles. The summed E-state index contributed by atoms with van der Waals surface area (Å²) in [6, 6.07) is 26.1. The Morgan fingerprint density at radius 1 is 0.800 bits per heavy atom. The first kappa shape index (κ1) is 30.5. The molecule has 1 amide bonds. The molecule has 5 heteroatoms. The highest BCUT2D eigenvalue weighted by Crippen LogP contribution is 2.51. The van der Waals surface area contributed by atoms with Crippen molar-refractivity contribution in [1.82, 2.24) is 0 Å². The van der Waals surface area contributed by atoms with Gasteiger partial charge in [-0.25, -0.2) is 0 Å².